The molecule has 1 heterocycles. The first-order chi connectivity index (χ1) is 13.8. The van der Waals surface area contributed by atoms with Crippen LogP contribution >= 0.6 is 34.8 Å². The first kappa shape index (κ1) is 22.2. The van der Waals surface area contributed by atoms with Crippen LogP contribution in [0.2, 0.25) is 15.1 Å². The van der Waals surface area contributed by atoms with Gasteiger partial charge in [0.05, 0.1) is 10.0 Å². The first-order valence-corrected chi connectivity index (χ1v) is 10.4. The van der Waals surface area contributed by atoms with Crippen molar-refractivity contribution < 1.29 is 13.9 Å². The summed E-state index contributed by atoms with van der Waals surface area (Å²) in [4.78, 5) is 16.8. The van der Waals surface area contributed by atoms with Crippen LogP contribution in [0, 0.1) is 5.82 Å². The van der Waals surface area contributed by atoms with E-state index < -0.39 is 0 Å². The number of benzene rings is 2. The summed E-state index contributed by atoms with van der Waals surface area (Å²) in [6.45, 7) is 5.89. The maximum Gasteiger partial charge on any atom is 0.260 e. The van der Waals surface area contributed by atoms with Gasteiger partial charge in [0, 0.05) is 31.7 Å². The standard InChI is InChI=1S/C21H22Cl3FN2O2/c1-13-10-27(14(2)9-26(13)11-15-3-5-16(25)6-4-15)19(28)12-29-21-18(23)8-7-17(22)20(21)24/h3-8,13-14H,9-12H2,1-2H3/t13-,14+/m0/s1. The summed E-state index contributed by atoms with van der Waals surface area (Å²) in [7, 11) is 0. The largest absolute Gasteiger partial charge is 0.481 e. The van der Waals surface area contributed by atoms with Gasteiger partial charge in [-0.05, 0) is 43.7 Å². The first-order valence-electron chi connectivity index (χ1n) is 9.30. The molecule has 1 aliphatic rings. The van der Waals surface area contributed by atoms with Gasteiger partial charge in [-0.2, -0.15) is 0 Å². The smallest absolute Gasteiger partial charge is 0.260 e. The highest BCUT2D eigenvalue weighted by molar-refractivity contribution is 6.44. The number of hydrogen-bond donors (Lipinski definition) is 0. The predicted octanol–water partition coefficient (Wildman–Crippen LogP) is 5.29. The quantitative estimate of drug-likeness (QED) is 0.570. The van der Waals surface area contributed by atoms with Crippen LogP contribution in [-0.4, -0.2) is 47.5 Å². The van der Waals surface area contributed by atoms with E-state index in [0.29, 0.717) is 29.7 Å². The Morgan fingerprint density at radius 1 is 1.03 bits per heavy atom. The van der Waals surface area contributed by atoms with Crippen molar-refractivity contribution in [2.24, 2.45) is 0 Å². The van der Waals surface area contributed by atoms with Gasteiger partial charge in [0.25, 0.3) is 5.91 Å². The van der Waals surface area contributed by atoms with Gasteiger partial charge in [-0.15, -0.1) is 0 Å². The van der Waals surface area contributed by atoms with Crippen LogP contribution in [0.15, 0.2) is 36.4 Å². The maximum absolute atomic E-state index is 13.1. The Balaban J connectivity index is 1.60. The Morgan fingerprint density at radius 2 is 1.69 bits per heavy atom. The topological polar surface area (TPSA) is 32.8 Å². The predicted molar refractivity (Wildman–Crippen MR) is 114 cm³/mol. The van der Waals surface area contributed by atoms with E-state index in [4.69, 9.17) is 39.5 Å². The van der Waals surface area contributed by atoms with Gasteiger partial charge < -0.3 is 9.64 Å². The van der Waals surface area contributed by atoms with E-state index in [1.807, 2.05) is 6.92 Å². The van der Waals surface area contributed by atoms with Crippen molar-refractivity contribution in [2.45, 2.75) is 32.5 Å². The van der Waals surface area contributed by atoms with Crippen molar-refractivity contribution in [3.8, 4) is 5.75 Å². The fourth-order valence-corrected chi connectivity index (χ4v) is 4.08. The van der Waals surface area contributed by atoms with E-state index in [1.54, 1.807) is 29.2 Å². The Morgan fingerprint density at radius 3 is 2.38 bits per heavy atom. The second kappa shape index (κ2) is 9.52. The molecular weight excluding hydrogens is 438 g/mol. The number of carbonyl (C=O) groups excluding carboxylic acids is 1. The Hall–Kier alpha value is -1.53. The minimum absolute atomic E-state index is 0.00746. The van der Waals surface area contributed by atoms with Crippen molar-refractivity contribution >= 4 is 40.7 Å². The fraction of sp³-hybridized carbons (Fsp3) is 0.381. The molecule has 8 heteroatoms. The lowest BCUT2D eigenvalue weighted by Gasteiger charge is -2.44. The molecule has 0 aromatic heterocycles. The van der Waals surface area contributed by atoms with Gasteiger partial charge in [-0.1, -0.05) is 46.9 Å². The molecule has 0 aliphatic carbocycles. The molecule has 3 rings (SSSR count). The summed E-state index contributed by atoms with van der Waals surface area (Å²) in [5, 5.41) is 0.810. The lowest BCUT2D eigenvalue weighted by molar-refractivity contribution is -0.139. The van der Waals surface area contributed by atoms with Crippen LogP contribution in [0.1, 0.15) is 19.4 Å². The second-order valence-electron chi connectivity index (χ2n) is 7.26. The fourth-order valence-electron chi connectivity index (χ4n) is 3.45. The second-order valence-corrected chi connectivity index (χ2v) is 8.45. The van der Waals surface area contributed by atoms with Crippen LogP contribution in [-0.2, 0) is 11.3 Å². The summed E-state index contributed by atoms with van der Waals surface area (Å²) in [5.74, 6) is -0.173. The van der Waals surface area contributed by atoms with Crippen molar-refractivity contribution in [2.75, 3.05) is 19.7 Å². The Kier molecular flexibility index (Phi) is 7.28. The van der Waals surface area contributed by atoms with E-state index >= 15 is 0 Å². The molecule has 2 aromatic carbocycles. The van der Waals surface area contributed by atoms with Crippen molar-refractivity contribution in [3.05, 3.63) is 62.8 Å². The molecule has 29 heavy (non-hydrogen) atoms. The zero-order chi connectivity index (χ0) is 21.1. The molecule has 0 bridgehead atoms. The molecule has 2 atom stereocenters. The summed E-state index contributed by atoms with van der Waals surface area (Å²) in [5.41, 5.74) is 1.04. The lowest BCUT2D eigenvalue weighted by Crippen LogP contribution is -2.58. The summed E-state index contributed by atoms with van der Waals surface area (Å²) in [6, 6.07) is 9.82. The minimum atomic E-state index is -0.245. The third-order valence-electron chi connectivity index (χ3n) is 5.08. The highest BCUT2D eigenvalue weighted by atomic mass is 35.5. The molecule has 0 spiro atoms. The molecule has 156 valence electrons. The normalized spacial score (nSPS) is 20.0. The molecule has 1 amide bonds. The van der Waals surface area contributed by atoms with E-state index in [-0.39, 0.29) is 41.2 Å². The Bertz CT molecular complexity index is 879. The van der Waals surface area contributed by atoms with Gasteiger partial charge in [0.1, 0.15) is 10.8 Å². The molecule has 0 radical (unpaired) electrons. The number of carbonyl (C=O) groups is 1. The highest BCUT2D eigenvalue weighted by Gasteiger charge is 2.32. The molecule has 4 nitrogen and oxygen atoms in total. The molecule has 0 saturated carbocycles. The van der Waals surface area contributed by atoms with Crippen LogP contribution in [0.3, 0.4) is 0 Å². The third kappa shape index (κ3) is 5.34. The average molecular weight is 460 g/mol. The zero-order valence-corrected chi connectivity index (χ0v) is 18.4. The van der Waals surface area contributed by atoms with Crippen molar-refractivity contribution in [1.82, 2.24) is 9.80 Å². The van der Waals surface area contributed by atoms with Crippen LogP contribution in [0.25, 0.3) is 0 Å². The number of hydrogen-bond acceptors (Lipinski definition) is 3. The maximum atomic E-state index is 13.1. The van der Waals surface area contributed by atoms with Gasteiger partial charge in [-0.25, -0.2) is 4.39 Å². The lowest BCUT2D eigenvalue weighted by atomic mass is 10.1. The third-order valence-corrected chi connectivity index (χ3v) is 6.16. The molecule has 0 N–H and O–H groups in total. The molecule has 1 aliphatic heterocycles. The molecular formula is C21H22Cl3FN2O2. The number of halogens is 4. The molecule has 1 fully saturated rings. The average Bonchev–Trinajstić information content (AvgIpc) is 2.69. The molecule has 0 unspecified atom stereocenters. The van der Waals surface area contributed by atoms with Gasteiger partial charge in [0.2, 0.25) is 0 Å². The monoisotopic (exact) mass is 458 g/mol. The van der Waals surface area contributed by atoms with E-state index in [0.717, 1.165) is 5.56 Å². The minimum Gasteiger partial charge on any atom is -0.481 e. The summed E-state index contributed by atoms with van der Waals surface area (Å²) in [6.07, 6.45) is 0. The summed E-state index contributed by atoms with van der Waals surface area (Å²) >= 11 is 18.2. The summed E-state index contributed by atoms with van der Waals surface area (Å²) < 4.78 is 18.7. The van der Waals surface area contributed by atoms with Gasteiger partial charge >= 0.3 is 0 Å². The van der Waals surface area contributed by atoms with Crippen LogP contribution in [0.4, 0.5) is 4.39 Å². The molecule has 2 aromatic rings. The van der Waals surface area contributed by atoms with Gasteiger partial charge in [-0.3, -0.25) is 9.69 Å². The number of ether oxygens (including phenoxy) is 1. The van der Waals surface area contributed by atoms with E-state index in [9.17, 15) is 9.18 Å². The number of nitrogens with zero attached hydrogens (tertiary/aromatic N) is 2. The number of amides is 1. The van der Waals surface area contributed by atoms with Crippen molar-refractivity contribution in [1.29, 1.82) is 0 Å². The van der Waals surface area contributed by atoms with E-state index in [2.05, 4.69) is 11.8 Å². The number of piperazine rings is 1. The van der Waals surface area contributed by atoms with Gasteiger partial charge in [0.15, 0.2) is 12.4 Å². The Labute approximate surface area is 185 Å². The number of rotatable bonds is 5. The van der Waals surface area contributed by atoms with E-state index in [1.165, 1.54) is 12.1 Å². The molecule has 1 saturated heterocycles. The van der Waals surface area contributed by atoms with Crippen LogP contribution < -0.4 is 4.74 Å². The highest BCUT2D eigenvalue weighted by Crippen LogP contribution is 2.38. The zero-order valence-electron chi connectivity index (χ0n) is 16.2. The van der Waals surface area contributed by atoms with Crippen molar-refractivity contribution in [3.63, 3.8) is 0 Å². The SMILES string of the molecule is C[C@@H]1CN(Cc2ccc(F)cc2)[C@@H](C)CN1C(=O)COc1c(Cl)ccc(Cl)c1Cl. The van der Waals surface area contributed by atoms with Crippen LogP contribution in [0.5, 0.6) is 5.75 Å².